The lowest BCUT2D eigenvalue weighted by Gasteiger charge is -2.29. The number of hydrogen-bond acceptors (Lipinski definition) is 3. The second-order valence-corrected chi connectivity index (χ2v) is 2.76. The number of aliphatic imine (C=N–C) groups is 1. The fourth-order valence-corrected chi connectivity index (χ4v) is 0.947. The van der Waals surface area contributed by atoms with Gasteiger partial charge in [-0.25, -0.2) is 0 Å². The second kappa shape index (κ2) is 4.13. The van der Waals surface area contributed by atoms with Crippen LogP contribution in [-0.4, -0.2) is 32.4 Å². The van der Waals surface area contributed by atoms with Gasteiger partial charge < -0.3 is 10.6 Å². The third kappa shape index (κ3) is 2.72. The van der Waals surface area contributed by atoms with Gasteiger partial charge in [-0.3, -0.25) is 4.99 Å². The summed E-state index contributed by atoms with van der Waals surface area (Å²) in [6.45, 7) is 4.21. The molecule has 0 aromatic carbocycles. The Bertz CT molecular complexity index is 168. The van der Waals surface area contributed by atoms with Crippen LogP contribution in [0.3, 0.4) is 0 Å². The van der Waals surface area contributed by atoms with Gasteiger partial charge in [0.05, 0.1) is 6.04 Å². The lowest BCUT2D eigenvalue weighted by molar-refractivity contribution is 0.392. The van der Waals surface area contributed by atoms with Crippen LogP contribution in [0, 0.1) is 0 Å². The molecule has 0 aromatic rings. The van der Waals surface area contributed by atoms with Gasteiger partial charge in [0, 0.05) is 32.0 Å². The van der Waals surface area contributed by atoms with Crippen molar-refractivity contribution in [3.8, 4) is 0 Å². The minimum absolute atomic E-state index is 0.622. The van der Waals surface area contributed by atoms with Gasteiger partial charge in [-0.15, -0.1) is 0 Å². The molecular formula is C8H15N3. The normalized spacial score (nSPS) is 20.4. The molecule has 0 amide bonds. The Morgan fingerprint density at radius 1 is 1.64 bits per heavy atom. The zero-order chi connectivity index (χ0) is 8.10. The number of hydrogen-bond donors (Lipinski definition) is 2. The van der Waals surface area contributed by atoms with E-state index in [1.807, 2.05) is 6.08 Å². The molecule has 0 aliphatic carbocycles. The molecule has 3 heteroatoms. The lowest BCUT2D eigenvalue weighted by atomic mass is 10.2. The van der Waals surface area contributed by atoms with Crippen LogP contribution >= 0.6 is 0 Å². The Kier molecular flexibility index (Phi) is 3.11. The molecule has 1 aliphatic heterocycles. The van der Waals surface area contributed by atoms with Crippen LogP contribution in [0.1, 0.15) is 6.92 Å². The minimum Gasteiger partial charge on any atom is -0.383 e. The van der Waals surface area contributed by atoms with Gasteiger partial charge in [0.25, 0.3) is 0 Å². The van der Waals surface area contributed by atoms with E-state index in [-0.39, 0.29) is 0 Å². The second-order valence-electron chi connectivity index (χ2n) is 2.76. The van der Waals surface area contributed by atoms with E-state index in [4.69, 9.17) is 0 Å². The zero-order valence-corrected chi connectivity index (χ0v) is 7.09. The first-order valence-electron chi connectivity index (χ1n) is 3.89. The molecule has 3 nitrogen and oxygen atoms in total. The van der Waals surface area contributed by atoms with Crippen LogP contribution < -0.4 is 10.6 Å². The molecule has 62 valence electrons. The third-order valence-electron chi connectivity index (χ3n) is 1.69. The highest BCUT2D eigenvalue weighted by atomic mass is 15.1. The van der Waals surface area contributed by atoms with Crippen molar-refractivity contribution in [3.63, 3.8) is 0 Å². The van der Waals surface area contributed by atoms with Crippen LogP contribution in [0.5, 0.6) is 0 Å². The van der Waals surface area contributed by atoms with Crippen molar-refractivity contribution in [2.45, 2.75) is 13.0 Å². The van der Waals surface area contributed by atoms with Crippen LogP contribution in [0.4, 0.5) is 0 Å². The molecule has 0 unspecified atom stereocenters. The summed E-state index contributed by atoms with van der Waals surface area (Å²) >= 11 is 0. The summed E-state index contributed by atoms with van der Waals surface area (Å²) in [7, 11) is 1.77. The molecule has 1 heterocycles. The van der Waals surface area contributed by atoms with Gasteiger partial charge >= 0.3 is 0 Å². The molecule has 1 saturated heterocycles. The van der Waals surface area contributed by atoms with E-state index in [0.717, 1.165) is 13.1 Å². The molecule has 1 aliphatic rings. The molecule has 0 bridgehead atoms. The first-order valence-corrected chi connectivity index (χ1v) is 3.89. The summed E-state index contributed by atoms with van der Waals surface area (Å²) in [6, 6.07) is 0.622. The van der Waals surface area contributed by atoms with Crippen molar-refractivity contribution in [2.24, 2.45) is 4.99 Å². The molecular weight excluding hydrogens is 138 g/mol. The Morgan fingerprint density at radius 2 is 2.36 bits per heavy atom. The van der Waals surface area contributed by atoms with Crippen molar-refractivity contribution in [1.82, 2.24) is 10.6 Å². The van der Waals surface area contributed by atoms with E-state index >= 15 is 0 Å². The topological polar surface area (TPSA) is 36.4 Å². The number of rotatable bonds is 3. The summed E-state index contributed by atoms with van der Waals surface area (Å²) in [4.78, 5) is 3.87. The summed E-state index contributed by atoms with van der Waals surface area (Å²) in [6.07, 6.45) is 3.78. The van der Waals surface area contributed by atoms with E-state index < -0.39 is 0 Å². The van der Waals surface area contributed by atoms with Crippen molar-refractivity contribution < 1.29 is 0 Å². The van der Waals surface area contributed by atoms with Crippen molar-refractivity contribution in [3.05, 3.63) is 11.8 Å². The SMILES string of the molecule is CN=C/C=C(/C)NC1CNC1. The molecule has 11 heavy (non-hydrogen) atoms. The number of nitrogens with one attached hydrogen (secondary N) is 2. The summed E-state index contributed by atoms with van der Waals surface area (Å²) in [5, 5.41) is 6.56. The number of allylic oxidation sites excluding steroid dienone is 2. The average Bonchev–Trinajstić information content (AvgIpc) is 1.93. The molecule has 0 spiro atoms. The highest BCUT2D eigenvalue weighted by Gasteiger charge is 2.14. The maximum absolute atomic E-state index is 3.87. The standard InChI is InChI=1S/C8H15N3/c1-7(3-4-9-2)11-8-5-10-6-8/h3-4,8,10-11H,5-6H2,1-2H3/b7-3-,9-4?. The van der Waals surface area contributed by atoms with Gasteiger partial charge in [-0.2, -0.15) is 0 Å². The van der Waals surface area contributed by atoms with Crippen LogP contribution in [0.2, 0.25) is 0 Å². The number of nitrogens with zero attached hydrogens (tertiary/aromatic N) is 1. The van der Waals surface area contributed by atoms with Gasteiger partial charge in [-0.1, -0.05) is 0 Å². The molecule has 0 radical (unpaired) electrons. The summed E-state index contributed by atoms with van der Waals surface area (Å²) in [5.41, 5.74) is 1.18. The zero-order valence-electron chi connectivity index (χ0n) is 7.09. The molecule has 0 saturated carbocycles. The first-order chi connectivity index (χ1) is 5.33. The van der Waals surface area contributed by atoms with E-state index in [2.05, 4.69) is 22.5 Å². The summed E-state index contributed by atoms with van der Waals surface area (Å²) < 4.78 is 0. The first kappa shape index (κ1) is 8.27. The van der Waals surface area contributed by atoms with Gasteiger partial charge in [-0.05, 0) is 13.0 Å². The van der Waals surface area contributed by atoms with E-state index in [1.165, 1.54) is 5.70 Å². The highest BCUT2D eigenvalue weighted by Crippen LogP contribution is 1.94. The maximum atomic E-state index is 3.87. The highest BCUT2D eigenvalue weighted by molar-refractivity contribution is 5.71. The molecule has 1 rings (SSSR count). The van der Waals surface area contributed by atoms with Crippen LogP contribution in [0.25, 0.3) is 0 Å². The molecule has 0 aromatic heterocycles. The predicted molar refractivity (Wildman–Crippen MR) is 48.0 cm³/mol. The Labute approximate surface area is 67.6 Å². The molecule has 0 atom stereocenters. The average molecular weight is 153 g/mol. The Hall–Kier alpha value is -0.830. The van der Waals surface area contributed by atoms with Gasteiger partial charge in [0.15, 0.2) is 0 Å². The van der Waals surface area contributed by atoms with Crippen LogP contribution in [-0.2, 0) is 0 Å². The molecule has 2 N–H and O–H groups in total. The molecule has 1 fully saturated rings. The third-order valence-corrected chi connectivity index (χ3v) is 1.69. The van der Waals surface area contributed by atoms with E-state index in [9.17, 15) is 0 Å². The van der Waals surface area contributed by atoms with Crippen LogP contribution in [0.15, 0.2) is 16.8 Å². The summed E-state index contributed by atoms with van der Waals surface area (Å²) in [5.74, 6) is 0. The predicted octanol–water partition coefficient (Wildman–Crippen LogP) is 0.152. The Morgan fingerprint density at radius 3 is 2.82 bits per heavy atom. The minimum atomic E-state index is 0.622. The smallest absolute Gasteiger partial charge is 0.0507 e. The van der Waals surface area contributed by atoms with Gasteiger partial charge in [0.2, 0.25) is 0 Å². The maximum Gasteiger partial charge on any atom is 0.0507 e. The fraction of sp³-hybridized carbons (Fsp3) is 0.625. The van der Waals surface area contributed by atoms with Crippen molar-refractivity contribution in [1.29, 1.82) is 0 Å². The van der Waals surface area contributed by atoms with E-state index in [1.54, 1.807) is 13.3 Å². The quantitative estimate of drug-likeness (QED) is 0.566. The largest absolute Gasteiger partial charge is 0.383 e. The fourth-order valence-electron chi connectivity index (χ4n) is 0.947. The van der Waals surface area contributed by atoms with Gasteiger partial charge in [0.1, 0.15) is 0 Å². The van der Waals surface area contributed by atoms with Crippen molar-refractivity contribution in [2.75, 3.05) is 20.1 Å². The van der Waals surface area contributed by atoms with E-state index in [0.29, 0.717) is 6.04 Å². The monoisotopic (exact) mass is 153 g/mol. The van der Waals surface area contributed by atoms with Crippen molar-refractivity contribution >= 4 is 6.21 Å². The lowest BCUT2D eigenvalue weighted by Crippen LogP contribution is -2.54. The Balaban J connectivity index is 2.23.